The van der Waals surface area contributed by atoms with Gasteiger partial charge in [-0.25, -0.2) is 0 Å². The Morgan fingerprint density at radius 1 is 1.24 bits per heavy atom. The van der Waals surface area contributed by atoms with E-state index in [2.05, 4.69) is 0 Å². The van der Waals surface area contributed by atoms with Crippen molar-refractivity contribution in [3.8, 4) is 0 Å². The van der Waals surface area contributed by atoms with Crippen LogP contribution in [0.5, 0.6) is 0 Å². The van der Waals surface area contributed by atoms with Gasteiger partial charge in [-0.05, 0) is 18.9 Å². The number of alkyl halides is 3. The van der Waals surface area contributed by atoms with Crippen LogP contribution >= 0.6 is 11.8 Å². The van der Waals surface area contributed by atoms with Crippen molar-refractivity contribution in [1.29, 1.82) is 0 Å². The third-order valence-corrected chi connectivity index (χ3v) is 3.75. The minimum absolute atomic E-state index is 0.00337. The summed E-state index contributed by atoms with van der Waals surface area (Å²) in [5, 5.41) is 0. The summed E-state index contributed by atoms with van der Waals surface area (Å²) >= 11 is 1.56. The Morgan fingerprint density at radius 3 is 2.53 bits per heavy atom. The number of rotatable bonds is 1. The molecule has 0 bridgehead atoms. The van der Waals surface area contributed by atoms with Crippen molar-refractivity contribution >= 4 is 17.7 Å². The second kappa shape index (κ2) is 4.76. The van der Waals surface area contributed by atoms with E-state index in [1.807, 2.05) is 0 Å². The number of halogens is 3. The molecule has 0 saturated carbocycles. The quantitative estimate of drug-likeness (QED) is 0.725. The second-order valence-corrected chi connectivity index (χ2v) is 5.05. The van der Waals surface area contributed by atoms with Crippen molar-refractivity contribution in [2.24, 2.45) is 0 Å². The van der Waals surface area contributed by atoms with Gasteiger partial charge < -0.3 is 4.90 Å². The Bertz CT molecular complexity index is 387. The highest BCUT2D eigenvalue weighted by atomic mass is 32.2. The summed E-state index contributed by atoms with van der Waals surface area (Å²) in [4.78, 5) is 13.2. The van der Waals surface area contributed by atoms with Crippen LogP contribution in [0.1, 0.15) is 12.8 Å². The topological polar surface area (TPSA) is 20.3 Å². The number of hydrogen-bond acceptors (Lipinski definition) is 2. The van der Waals surface area contributed by atoms with Gasteiger partial charge in [-0.15, -0.1) is 0 Å². The van der Waals surface area contributed by atoms with Gasteiger partial charge in [-0.2, -0.15) is 24.9 Å². The molecule has 0 aromatic carbocycles. The number of hydrogen-bond donors (Lipinski definition) is 0. The average Bonchev–Trinajstić information content (AvgIpc) is 2.29. The zero-order chi connectivity index (χ0) is 12.5. The SMILES string of the molecule is O=C1CSCCN1C1=CC=C(C(F)(F)F)CC1. The third kappa shape index (κ3) is 2.86. The van der Waals surface area contributed by atoms with E-state index >= 15 is 0 Å². The van der Waals surface area contributed by atoms with Crippen molar-refractivity contribution in [2.75, 3.05) is 18.1 Å². The lowest BCUT2D eigenvalue weighted by Gasteiger charge is -2.30. The number of allylic oxidation sites excluding steroid dienone is 4. The zero-order valence-corrected chi connectivity index (χ0v) is 9.90. The molecule has 1 saturated heterocycles. The van der Waals surface area contributed by atoms with Crippen LogP contribution in [0.25, 0.3) is 0 Å². The molecule has 1 heterocycles. The van der Waals surface area contributed by atoms with Gasteiger partial charge in [0.2, 0.25) is 5.91 Å². The largest absolute Gasteiger partial charge is 0.412 e. The van der Waals surface area contributed by atoms with Crippen molar-refractivity contribution in [3.05, 3.63) is 23.4 Å². The second-order valence-electron chi connectivity index (χ2n) is 3.95. The maximum absolute atomic E-state index is 12.4. The third-order valence-electron chi connectivity index (χ3n) is 2.82. The molecule has 6 heteroatoms. The van der Waals surface area contributed by atoms with Crippen LogP contribution in [-0.2, 0) is 4.79 Å². The van der Waals surface area contributed by atoms with Crippen LogP contribution < -0.4 is 0 Å². The van der Waals surface area contributed by atoms with E-state index in [0.717, 1.165) is 11.8 Å². The summed E-state index contributed by atoms with van der Waals surface area (Å²) in [5.74, 6) is 1.27. The van der Waals surface area contributed by atoms with Crippen molar-refractivity contribution in [2.45, 2.75) is 19.0 Å². The molecule has 94 valence electrons. The Labute approximate surface area is 102 Å². The molecule has 1 aliphatic carbocycles. The van der Waals surface area contributed by atoms with E-state index in [0.29, 0.717) is 24.4 Å². The molecular formula is C11H12F3NOS. The molecule has 0 spiro atoms. The summed E-state index contributed by atoms with van der Waals surface area (Å²) in [6.07, 6.45) is -1.47. The van der Waals surface area contributed by atoms with E-state index in [4.69, 9.17) is 0 Å². The molecule has 0 N–H and O–H groups in total. The monoisotopic (exact) mass is 263 g/mol. The highest BCUT2D eigenvalue weighted by Crippen LogP contribution is 2.34. The van der Waals surface area contributed by atoms with Crippen LogP contribution in [0.2, 0.25) is 0 Å². The Hall–Kier alpha value is -0.910. The van der Waals surface area contributed by atoms with Gasteiger partial charge >= 0.3 is 6.18 Å². The van der Waals surface area contributed by atoms with E-state index in [-0.39, 0.29) is 12.3 Å². The van der Waals surface area contributed by atoms with Crippen LogP contribution in [0.15, 0.2) is 23.4 Å². The fourth-order valence-electron chi connectivity index (χ4n) is 1.91. The predicted octanol–water partition coefficient (Wildman–Crippen LogP) is 2.73. The molecule has 17 heavy (non-hydrogen) atoms. The highest BCUT2D eigenvalue weighted by Gasteiger charge is 2.34. The standard InChI is InChI=1S/C11H12F3NOS/c12-11(13,14)8-1-3-9(4-2-8)15-5-6-17-7-10(15)16/h1,3H,2,4-7H2. The van der Waals surface area contributed by atoms with Crippen LogP contribution in [0.4, 0.5) is 13.2 Å². The van der Waals surface area contributed by atoms with Gasteiger partial charge in [-0.1, -0.05) is 6.08 Å². The number of carbonyl (C=O) groups excluding carboxylic acids is 1. The first kappa shape index (κ1) is 12.5. The maximum atomic E-state index is 12.4. The molecule has 0 aromatic rings. The summed E-state index contributed by atoms with van der Waals surface area (Å²) in [6.45, 7) is 0.602. The van der Waals surface area contributed by atoms with E-state index in [9.17, 15) is 18.0 Å². The number of carbonyl (C=O) groups is 1. The molecule has 1 amide bonds. The maximum Gasteiger partial charge on any atom is 0.412 e. The first-order chi connectivity index (χ1) is 7.98. The van der Waals surface area contributed by atoms with Gasteiger partial charge in [0, 0.05) is 23.6 Å². The lowest BCUT2D eigenvalue weighted by Crippen LogP contribution is -2.38. The van der Waals surface area contributed by atoms with Gasteiger partial charge in [0.1, 0.15) is 0 Å². The van der Waals surface area contributed by atoms with Crippen molar-refractivity contribution in [1.82, 2.24) is 4.90 Å². The number of nitrogens with zero attached hydrogens (tertiary/aromatic N) is 1. The van der Waals surface area contributed by atoms with Gasteiger partial charge in [-0.3, -0.25) is 4.79 Å². The van der Waals surface area contributed by atoms with Crippen LogP contribution in [0, 0.1) is 0 Å². The lowest BCUT2D eigenvalue weighted by molar-refractivity contribution is -0.126. The van der Waals surface area contributed by atoms with Gasteiger partial charge in [0.05, 0.1) is 5.75 Å². The zero-order valence-electron chi connectivity index (χ0n) is 9.09. The van der Waals surface area contributed by atoms with Crippen LogP contribution in [-0.4, -0.2) is 35.0 Å². The lowest BCUT2D eigenvalue weighted by atomic mass is 10.0. The Morgan fingerprint density at radius 2 is 2.00 bits per heavy atom. The summed E-state index contributed by atoms with van der Waals surface area (Å²) in [6, 6.07) is 0. The Balaban J connectivity index is 2.12. The minimum atomic E-state index is -4.25. The molecule has 2 rings (SSSR count). The average molecular weight is 263 g/mol. The predicted molar refractivity (Wildman–Crippen MR) is 60.5 cm³/mol. The molecule has 0 radical (unpaired) electrons. The van der Waals surface area contributed by atoms with Crippen LogP contribution in [0.3, 0.4) is 0 Å². The molecule has 0 unspecified atom stereocenters. The fourth-order valence-corrected chi connectivity index (χ4v) is 2.70. The molecule has 0 aromatic heterocycles. The normalized spacial score (nSPS) is 22.3. The molecule has 2 nitrogen and oxygen atoms in total. The minimum Gasteiger partial charge on any atom is -0.315 e. The fraction of sp³-hybridized carbons (Fsp3) is 0.545. The molecule has 2 aliphatic rings. The van der Waals surface area contributed by atoms with Gasteiger partial charge in [0.25, 0.3) is 0 Å². The van der Waals surface area contributed by atoms with E-state index in [1.54, 1.807) is 16.7 Å². The first-order valence-electron chi connectivity index (χ1n) is 5.33. The summed E-state index contributed by atoms with van der Waals surface area (Å²) < 4.78 is 37.2. The van der Waals surface area contributed by atoms with E-state index in [1.165, 1.54) is 6.08 Å². The van der Waals surface area contributed by atoms with Crippen molar-refractivity contribution < 1.29 is 18.0 Å². The summed E-state index contributed by atoms with van der Waals surface area (Å²) in [7, 11) is 0. The van der Waals surface area contributed by atoms with Gasteiger partial charge in [0.15, 0.2) is 0 Å². The van der Waals surface area contributed by atoms with Crippen molar-refractivity contribution in [3.63, 3.8) is 0 Å². The number of thioether (sulfide) groups is 1. The summed E-state index contributed by atoms with van der Waals surface area (Å²) in [5.41, 5.74) is 0.198. The molecular weight excluding hydrogens is 251 g/mol. The smallest absolute Gasteiger partial charge is 0.315 e. The molecule has 0 atom stereocenters. The first-order valence-corrected chi connectivity index (χ1v) is 6.49. The Kier molecular flexibility index (Phi) is 3.51. The highest BCUT2D eigenvalue weighted by molar-refractivity contribution is 8.00. The van der Waals surface area contributed by atoms with E-state index < -0.39 is 11.7 Å². The molecule has 1 fully saturated rings. The molecule has 1 aliphatic heterocycles. The number of amides is 1.